The number of anilines is 2. The van der Waals surface area contributed by atoms with E-state index in [0.717, 1.165) is 0 Å². The number of rotatable bonds is 4. The Kier molecular flexibility index (Phi) is 5.02. The summed E-state index contributed by atoms with van der Waals surface area (Å²) < 4.78 is 0. The molecule has 0 heterocycles. The molecule has 6 nitrogen and oxygen atoms in total. The summed E-state index contributed by atoms with van der Waals surface area (Å²) in [6.07, 6.45) is 0. The molecule has 0 aliphatic rings. The highest BCUT2D eigenvalue weighted by Gasteiger charge is 2.12. The summed E-state index contributed by atoms with van der Waals surface area (Å²) in [4.78, 5) is 33.4. The van der Waals surface area contributed by atoms with Crippen molar-refractivity contribution in [2.24, 2.45) is 0 Å². The molecule has 2 amide bonds. The maximum Gasteiger partial charge on any atom is 0.331 e. The number of carboxylic acids is 1. The van der Waals surface area contributed by atoms with Crippen molar-refractivity contribution in [3.05, 3.63) is 35.4 Å². The van der Waals surface area contributed by atoms with Gasteiger partial charge in [-0.2, -0.15) is 0 Å². The smallest absolute Gasteiger partial charge is 0.331 e. The largest absolute Gasteiger partial charge is 0.478 e. The molecule has 1 aromatic carbocycles. The molecule has 20 heavy (non-hydrogen) atoms. The molecule has 0 spiro atoms. The number of hydrogen-bond donors (Lipinski definition) is 3. The number of hydrogen-bond acceptors (Lipinski definition) is 3. The molecule has 1 rings (SSSR count). The lowest BCUT2D eigenvalue weighted by Gasteiger charge is -2.08. The summed E-state index contributed by atoms with van der Waals surface area (Å²) in [5.74, 6) is -1.78. The molecule has 0 radical (unpaired) electrons. The van der Waals surface area contributed by atoms with Crippen molar-refractivity contribution in [1.82, 2.24) is 0 Å². The van der Waals surface area contributed by atoms with E-state index in [2.05, 4.69) is 10.6 Å². The number of nitrogens with one attached hydrogen (secondary N) is 2. The predicted octanol–water partition coefficient (Wildman–Crippen LogP) is 2.00. The number of benzene rings is 1. The Morgan fingerprint density at radius 3 is 1.70 bits per heavy atom. The second-order valence-corrected chi connectivity index (χ2v) is 4.27. The minimum Gasteiger partial charge on any atom is -0.478 e. The van der Waals surface area contributed by atoms with Crippen molar-refractivity contribution in [2.45, 2.75) is 20.8 Å². The lowest BCUT2D eigenvalue weighted by Crippen LogP contribution is -2.16. The lowest BCUT2D eigenvalue weighted by molar-refractivity contribution is -0.133. The van der Waals surface area contributed by atoms with E-state index in [-0.39, 0.29) is 17.1 Å². The van der Waals surface area contributed by atoms with Gasteiger partial charge >= 0.3 is 5.97 Å². The number of carbonyl (C=O) groups excluding carboxylic acids is 2. The first-order valence-electron chi connectivity index (χ1n) is 5.91. The second-order valence-electron chi connectivity index (χ2n) is 4.27. The van der Waals surface area contributed by atoms with Crippen LogP contribution in [0.5, 0.6) is 0 Å². The molecule has 0 aliphatic heterocycles. The minimum absolute atomic E-state index is 0.00244. The molecule has 6 heteroatoms. The normalized spacial score (nSPS) is 11.3. The van der Waals surface area contributed by atoms with Gasteiger partial charge in [0, 0.05) is 29.4 Å². The highest BCUT2D eigenvalue weighted by molar-refractivity contribution is 6.08. The number of carbonyl (C=O) groups is 3. The van der Waals surface area contributed by atoms with Gasteiger partial charge in [0.15, 0.2) is 0 Å². The molecule has 0 bridgehead atoms. The zero-order valence-electron chi connectivity index (χ0n) is 11.5. The van der Waals surface area contributed by atoms with E-state index < -0.39 is 11.9 Å². The van der Waals surface area contributed by atoms with Gasteiger partial charge in [0.25, 0.3) is 5.91 Å². The van der Waals surface area contributed by atoms with E-state index >= 15 is 0 Å². The maximum absolute atomic E-state index is 11.8. The van der Waals surface area contributed by atoms with Gasteiger partial charge in [-0.15, -0.1) is 0 Å². The number of carboxylic acid groups (broad SMARTS) is 1. The monoisotopic (exact) mass is 276 g/mol. The van der Waals surface area contributed by atoms with Crippen molar-refractivity contribution in [1.29, 1.82) is 0 Å². The highest BCUT2D eigenvalue weighted by atomic mass is 16.4. The quantitative estimate of drug-likeness (QED) is 0.733. The Labute approximate surface area is 116 Å². The van der Waals surface area contributed by atoms with Crippen LogP contribution in [-0.4, -0.2) is 22.9 Å². The number of amides is 2. The first-order chi connectivity index (χ1) is 9.31. The van der Waals surface area contributed by atoms with Gasteiger partial charge in [0.05, 0.1) is 0 Å². The van der Waals surface area contributed by atoms with Crippen LogP contribution < -0.4 is 10.6 Å². The van der Waals surface area contributed by atoms with Gasteiger partial charge in [0.1, 0.15) is 0 Å². The first-order valence-corrected chi connectivity index (χ1v) is 5.91. The van der Waals surface area contributed by atoms with Gasteiger partial charge in [-0.05, 0) is 38.1 Å². The zero-order chi connectivity index (χ0) is 15.3. The molecule has 1 aromatic rings. The van der Waals surface area contributed by atoms with Gasteiger partial charge in [0.2, 0.25) is 5.91 Å². The lowest BCUT2D eigenvalue weighted by atomic mass is 10.1. The van der Waals surface area contributed by atoms with Crippen molar-refractivity contribution >= 4 is 29.2 Å². The van der Waals surface area contributed by atoms with Crippen LogP contribution in [0.2, 0.25) is 0 Å². The molecular formula is C14H16N2O4. The van der Waals surface area contributed by atoms with E-state index in [4.69, 9.17) is 5.11 Å². The Balaban J connectivity index is 2.79. The van der Waals surface area contributed by atoms with Crippen LogP contribution in [0.1, 0.15) is 20.8 Å². The van der Waals surface area contributed by atoms with E-state index in [1.807, 2.05) is 0 Å². The second kappa shape index (κ2) is 6.51. The van der Waals surface area contributed by atoms with Crippen LogP contribution >= 0.6 is 0 Å². The van der Waals surface area contributed by atoms with E-state index in [1.54, 1.807) is 24.3 Å². The Bertz CT molecular complexity index is 573. The topological polar surface area (TPSA) is 95.5 Å². The molecular weight excluding hydrogens is 260 g/mol. The Hall–Kier alpha value is -2.63. The average Bonchev–Trinajstić information content (AvgIpc) is 2.38. The van der Waals surface area contributed by atoms with Crippen LogP contribution in [0.4, 0.5) is 11.4 Å². The molecule has 0 atom stereocenters. The number of aliphatic carboxylic acids is 1. The Morgan fingerprint density at radius 1 is 0.850 bits per heavy atom. The Morgan fingerprint density at radius 2 is 1.30 bits per heavy atom. The summed E-state index contributed by atoms with van der Waals surface area (Å²) >= 11 is 0. The molecule has 0 fully saturated rings. The fraction of sp³-hybridized carbons (Fsp3) is 0.214. The summed E-state index contributed by atoms with van der Waals surface area (Å²) in [5, 5.41) is 14.0. The van der Waals surface area contributed by atoms with E-state index in [1.165, 1.54) is 20.8 Å². The van der Waals surface area contributed by atoms with Crippen LogP contribution in [0.15, 0.2) is 35.4 Å². The third-order valence-electron chi connectivity index (χ3n) is 2.69. The standard InChI is InChI=1S/C14H16N2O4/c1-8(9(2)14(19)20)13(18)16-12-6-4-11(5-7-12)15-10(3)17/h4-7H,1-3H3,(H,15,17)(H,16,18)(H,19,20). The van der Waals surface area contributed by atoms with Gasteiger partial charge in [-0.3, -0.25) is 9.59 Å². The summed E-state index contributed by atoms with van der Waals surface area (Å²) in [5.41, 5.74) is 1.27. The van der Waals surface area contributed by atoms with Crippen LogP contribution in [-0.2, 0) is 14.4 Å². The third kappa shape index (κ3) is 4.24. The zero-order valence-corrected chi connectivity index (χ0v) is 11.5. The van der Waals surface area contributed by atoms with Crippen molar-refractivity contribution in [2.75, 3.05) is 10.6 Å². The third-order valence-corrected chi connectivity index (χ3v) is 2.69. The summed E-state index contributed by atoms with van der Waals surface area (Å²) in [6.45, 7) is 4.22. The molecule has 0 saturated carbocycles. The first kappa shape index (κ1) is 15.4. The van der Waals surface area contributed by atoms with Crippen LogP contribution in [0, 0.1) is 0 Å². The van der Waals surface area contributed by atoms with Gasteiger partial charge in [-0.25, -0.2) is 4.79 Å². The van der Waals surface area contributed by atoms with E-state index in [9.17, 15) is 14.4 Å². The molecule has 0 saturated heterocycles. The van der Waals surface area contributed by atoms with Crippen LogP contribution in [0.25, 0.3) is 0 Å². The van der Waals surface area contributed by atoms with Crippen molar-refractivity contribution in [3.63, 3.8) is 0 Å². The minimum atomic E-state index is -1.13. The summed E-state index contributed by atoms with van der Waals surface area (Å²) in [7, 11) is 0. The molecule has 3 N–H and O–H groups in total. The molecule has 0 aliphatic carbocycles. The van der Waals surface area contributed by atoms with Gasteiger partial charge in [-0.1, -0.05) is 0 Å². The van der Waals surface area contributed by atoms with Crippen molar-refractivity contribution in [3.8, 4) is 0 Å². The fourth-order valence-corrected chi connectivity index (χ4v) is 1.40. The van der Waals surface area contributed by atoms with Crippen LogP contribution in [0.3, 0.4) is 0 Å². The molecule has 106 valence electrons. The highest BCUT2D eigenvalue weighted by Crippen LogP contribution is 2.15. The van der Waals surface area contributed by atoms with Gasteiger partial charge < -0.3 is 15.7 Å². The predicted molar refractivity (Wildman–Crippen MR) is 75.4 cm³/mol. The van der Waals surface area contributed by atoms with E-state index in [0.29, 0.717) is 11.4 Å². The summed E-state index contributed by atoms with van der Waals surface area (Å²) in [6, 6.07) is 6.51. The molecule has 0 unspecified atom stereocenters. The fourth-order valence-electron chi connectivity index (χ4n) is 1.40. The average molecular weight is 276 g/mol. The van der Waals surface area contributed by atoms with Crippen molar-refractivity contribution < 1.29 is 19.5 Å². The SMILES string of the molecule is CC(=O)Nc1ccc(NC(=O)C(C)=C(C)C(=O)O)cc1. The maximum atomic E-state index is 11.8. The molecule has 0 aromatic heterocycles.